The van der Waals surface area contributed by atoms with Crippen LogP contribution in [0.25, 0.3) is 6.08 Å². The number of nitrogens with one attached hydrogen (secondary N) is 1. The minimum absolute atomic E-state index is 0.136. The van der Waals surface area contributed by atoms with E-state index in [2.05, 4.69) is 5.32 Å². The van der Waals surface area contributed by atoms with Gasteiger partial charge in [-0.1, -0.05) is 48.6 Å². The van der Waals surface area contributed by atoms with Crippen LogP contribution in [0.3, 0.4) is 0 Å². The Labute approximate surface area is 146 Å². The van der Waals surface area contributed by atoms with Crippen LogP contribution in [0.2, 0.25) is 0 Å². The van der Waals surface area contributed by atoms with Crippen molar-refractivity contribution in [1.29, 1.82) is 5.26 Å². The molecule has 2 aromatic carbocycles. The lowest BCUT2D eigenvalue weighted by molar-refractivity contribution is -0.120. The number of carbonyl (C=O) groups excluding carboxylic acids is 1. The van der Waals surface area contributed by atoms with Gasteiger partial charge in [0.05, 0.1) is 0 Å². The SMILES string of the molecule is N#CC(=CC=Cc1ccc(O)c(O)c1)NC(=O)CCc1ccccc1. The molecule has 0 fully saturated rings. The molecule has 126 valence electrons. The molecule has 1 amide bonds. The summed E-state index contributed by atoms with van der Waals surface area (Å²) in [7, 11) is 0. The van der Waals surface area contributed by atoms with Gasteiger partial charge in [0.1, 0.15) is 11.8 Å². The van der Waals surface area contributed by atoms with E-state index in [0.29, 0.717) is 18.4 Å². The van der Waals surface area contributed by atoms with Crippen molar-refractivity contribution in [2.45, 2.75) is 12.8 Å². The molecule has 0 aliphatic heterocycles. The smallest absolute Gasteiger partial charge is 0.225 e. The zero-order valence-corrected chi connectivity index (χ0v) is 13.5. The van der Waals surface area contributed by atoms with Crippen LogP contribution >= 0.6 is 0 Å². The number of rotatable bonds is 6. The normalized spacial score (nSPS) is 11.2. The van der Waals surface area contributed by atoms with E-state index in [4.69, 9.17) is 5.26 Å². The standard InChI is InChI=1S/C20H18N2O3/c21-14-17(8-4-7-16-9-11-18(23)19(24)13-16)22-20(25)12-10-15-5-2-1-3-6-15/h1-9,11,13,23-24H,10,12H2,(H,22,25). The predicted molar refractivity (Wildman–Crippen MR) is 95.4 cm³/mol. The Morgan fingerprint density at radius 1 is 1.12 bits per heavy atom. The highest BCUT2D eigenvalue weighted by atomic mass is 16.3. The van der Waals surface area contributed by atoms with Crippen LogP contribution in [-0.4, -0.2) is 16.1 Å². The highest BCUT2D eigenvalue weighted by Gasteiger charge is 2.04. The molecule has 0 unspecified atom stereocenters. The van der Waals surface area contributed by atoms with Gasteiger partial charge in [0.25, 0.3) is 0 Å². The van der Waals surface area contributed by atoms with Crippen molar-refractivity contribution in [2.24, 2.45) is 0 Å². The Bertz CT molecular complexity index is 834. The van der Waals surface area contributed by atoms with Crippen molar-refractivity contribution in [2.75, 3.05) is 0 Å². The van der Waals surface area contributed by atoms with Crippen molar-refractivity contribution in [1.82, 2.24) is 5.32 Å². The third-order valence-corrected chi connectivity index (χ3v) is 3.43. The van der Waals surface area contributed by atoms with Gasteiger partial charge in [0.2, 0.25) is 5.91 Å². The van der Waals surface area contributed by atoms with Crippen molar-refractivity contribution in [3.05, 3.63) is 77.5 Å². The van der Waals surface area contributed by atoms with E-state index in [9.17, 15) is 15.0 Å². The number of aromatic hydroxyl groups is 2. The van der Waals surface area contributed by atoms with Gasteiger partial charge in [-0.05, 0) is 35.8 Å². The van der Waals surface area contributed by atoms with Crippen molar-refractivity contribution < 1.29 is 15.0 Å². The lowest BCUT2D eigenvalue weighted by Crippen LogP contribution is -2.22. The average Bonchev–Trinajstić information content (AvgIpc) is 2.63. The average molecular weight is 334 g/mol. The number of benzene rings is 2. The van der Waals surface area contributed by atoms with E-state index in [-0.39, 0.29) is 23.1 Å². The number of allylic oxidation sites excluding steroid dienone is 3. The van der Waals surface area contributed by atoms with Gasteiger partial charge in [-0.25, -0.2) is 0 Å². The Kier molecular flexibility index (Phi) is 6.38. The molecule has 5 heteroatoms. The molecule has 0 saturated heterocycles. The number of aryl methyl sites for hydroxylation is 1. The van der Waals surface area contributed by atoms with Gasteiger partial charge < -0.3 is 15.5 Å². The molecule has 0 saturated carbocycles. The topological polar surface area (TPSA) is 93.3 Å². The summed E-state index contributed by atoms with van der Waals surface area (Å²) in [6.07, 6.45) is 5.60. The van der Waals surface area contributed by atoms with E-state index in [1.165, 1.54) is 18.2 Å². The summed E-state index contributed by atoms with van der Waals surface area (Å²) in [6.45, 7) is 0. The van der Waals surface area contributed by atoms with E-state index in [1.54, 1.807) is 18.2 Å². The third kappa shape index (κ3) is 5.88. The Hall–Kier alpha value is -3.52. The fourth-order valence-electron chi connectivity index (χ4n) is 2.12. The largest absolute Gasteiger partial charge is 0.504 e. The van der Waals surface area contributed by atoms with Gasteiger partial charge in [0, 0.05) is 6.42 Å². The molecular formula is C20H18N2O3. The van der Waals surface area contributed by atoms with Crippen LogP contribution < -0.4 is 5.32 Å². The van der Waals surface area contributed by atoms with Gasteiger partial charge in [-0.2, -0.15) is 5.26 Å². The summed E-state index contributed by atoms with van der Waals surface area (Å²) in [5.74, 6) is -0.649. The fraction of sp³-hybridized carbons (Fsp3) is 0.100. The molecule has 0 atom stereocenters. The first-order valence-corrected chi connectivity index (χ1v) is 7.72. The maximum absolute atomic E-state index is 11.9. The highest BCUT2D eigenvalue weighted by Crippen LogP contribution is 2.25. The molecule has 2 rings (SSSR count). The molecule has 0 aliphatic carbocycles. The molecular weight excluding hydrogens is 316 g/mol. The van der Waals surface area contributed by atoms with Gasteiger partial charge in [0.15, 0.2) is 11.5 Å². The Balaban J connectivity index is 1.91. The Morgan fingerprint density at radius 2 is 1.88 bits per heavy atom. The third-order valence-electron chi connectivity index (χ3n) is 3.43. The first kappa shape index (κ1) is 17.8. The second-order valence-electron chi connectivity index (χ2n) is 5.33. The van der Waals surface area contributed by atoms with E-state index >= 15 is 0 Å². The molecule has 0 spiro atoms. The molecule has 2 aromatic rings. The second kappa shape index (κ2) is 8.94. The first-order valence-electron chi connectivity index (χ1n) is 7.72. The summed E-state index contributed by atoms with van der Waals surface area (Å²) in [5.41, 5.74) is 1.85. The molecule has 0 aliphatic rings. The van der Waals surface area contributed by atoms with Crippen molar-refractivity contribution in [3.8, 4) is 17.6 Å². The Morgan fingerprint density at radius 3 is 2.56 bits per heavy atom. The van der Waals surface area contributed by atoms with Crippen molar-refractivity contribution in [3.63, 3.8) is 0 Å². The molecule has 25 heavy (non-hydrogen) atoms. The number of carbonyl (C=O) groups is 1. The summed E-state index contributed by atoms with van der Waals surface area (Å²) >= 11 is 0. The summed E-state index contributed by atoms with van der Waals surface area (Å²) in [4.78, 5) is 11.9. The number of hydrogen-bond donors (Lipinski definition) is 3. The van der Waals surface area contributed by atoms with Crippen LogP contribution in [0.5, 0.6) is 11.5 Å². The number of nitrogens with zero attached hydrogens (tertiary/aromatic N) is 1. The molecule has 3 N–H and O–H groups in total. The van der Waals surface area contributed by atoms with Crippen LogP contribution in [0.15, 0.2) is 66.4 Å². The summed E-state index contributed by atoms with van der Waals surface area (Å²) in [5, 5.41) is 30.3. The van der Waals surface area contributed by atoms with Gasteiger partial charge in [-0.3, -0.25) is 4.79 Å². The van der Waals surface area contributed by atoms with Gasteiger partial charge >= 0.3 is 0 Å². The quantitative estimate of drug-likeness (QED) is 0.429. The van der Waals surface area contributed by atoms with Gasteiger partial charge in [-0.15, -0.1) is 0 Å². The molecule has 0 aromatic heterocycles. The lowest BCUT2D eigenvalue weighted by Gasteiger charge is -2.03. The molecule has 0 bridgehead atoms. The first-order chi connectivity index (χ1) is 12.1. The van der Waals surface area contributed by atoms with Crippen LogP contribution in [0, 0.1) is 11.3 Å². The zero-order valence-electron chi connectivity index (χ0n) is 13.5. The molecule has 0 heterocycles. The van der Waals surface area contributed by atoms with Crippen LogP contribution in [-0.2, 0) is 11.2 Å². The van der Waals surface area contributed by atoms with E-state index < -0.39 is 0 Å². The number of phenolic OH excluding ortho intramolecular Hbond substituents is 2. The lowest BCUT2D eigenvalue weighted by atomic mass is 10.1. The second-order valence-corrected chi connectivity index (χ2v) is 5.33. The molecule has 0 radical (unpaired) electrons. The minimum Gasteiger partial charge on any atom is -0.504 e. The fourth-order valence-corrected chi connectivity index (χ4v) is 2.12. The van der Waals surface area contributed by atoms with E-state index in [1.807, 2.05) is 36.4 Å². The number of phenols is 2. The summed E-state index contributed by atoms with van der Waals surface area (Å²) < 4.78 is 0. The number of hydrogen-bond acceptors (Lipinski definition) is 4. The van der Waals surface area contributed by atoms with E-state index in [0.717, 1.165) is 5.56 Å². The zero-order chi connectivity index (χ0) is 18.1. The monoisotopic (exact) mass is 334 g/mol. The highest BCUT2D eigenvalue weighted by molar-refractivity contribution is 5.79. The maximum Gasteiger partial charge on any atom is 0.225 e. The number of amides is 1. The molecule has 5 nitrogen and oxygen atoms in total. The van der Waals surface area contributed by atoms with Crippen LogP contribution in [0.1, 0.15) is 17.5 Å². The predicted octanol–water partition coefficient (Wildman–Crippen LogP) is 3.27. The maximum atomic E-state index is 11.9. The number of nitriles is 1. The van der Waals surface area contributed by atoms with Crippen LogP contribution in [0.4, 0.5) is 0 Å². The minimum atomic E-state index is -0.229. The summed E-state index contributed by atoms with van der Waals surface area (Å²) in [6, 6.07) is 16.0. The van der Waals surface area contributed by atoms with Crippen molar-refractivity contribution >= 4 is 12.0 Å².